The van der Waals surface area contributed by atoms with Gasteiger partial charge in [0.15, 0.2) is 0 Å². The lowest BCUT2D eigenvalue weighted by molar-refractivity contribution is 0.629. The third kappa shape index (κ3) is 2.11. The molecule has 0 bridgehead atoms. The highest BCUT2D eigenvalue weighted by atomic mass is 35.5. The minimum Gasteiger partial charge on any atom is -0.265 e. The summed E-state index contributed by atoms with van der Waals surface area (Å²) >= 11 is 11.6. The van der Waals surface area contributed by atoms with Crippen LogP contribution in [-0.2, 0) is 0 Å². The van der Waals surface area contributed by atoms with Crippen LogP contribution in [0.4, 0.5) is 4.39 Å². The van der Waals surface area contributed by atoms with Crippen LogP contribution in [0.5, 0.6) is 0 Å². The second-order valence-corrected chi connectivity index (χ2v) is 3.80. The van der Waals surface area contributed by atoms with Gasteiger partial charge in [-0.05, 0) is 29.8 Å². The Hall–Kier alpha value is -1.12. The Kier molecular flexibility index (Phi) is 2.89. The van der Waals surface area contributed by atoms with E-state index in [9.17, 15) is 4.39 Å². The van der Waals surface area contributed by atoms with E-state index in [1.807, 2.05) is 0 Å². The van der Waals surface area contributed by atoms with Crippen molar-refractivity contribution in [3.05, 3.63) is 52.5 Å². The molecule has 0 fully saturated rings. The quantitative estimate of drug-likeness (QED) is 0.683. The molecule has 1 aromatic heterocycles. The monoisotopic (exact) mass is 241 g/mol. The Labute approximate surface area is 96.5 Å². The molecule has 0 aliphatic heterocycles. The van der Waals surface area contributed by atoms with E-state index in [1.54, 1.807) is 30.6 Å². The van der Waals surface area contributed by atoms with E-state index < -0.39 is 5.82 Å². The molecule has 0 aliphatic carbocycles. The maximum Gasteiger partial charge on any atom is 0.143 e. The second kappa shape index (κ2) is 4.17. The average Bonchev–Trinajstić information content (AvgIpc) is 2.24. The van der Waals surface area contributed by atoms with Gasteiger partial charge in [0.2, 0.25) is 0 Å². The molecule has 1 aromatic carbocycles. The van der Waals surface area contributed by atoms with Crippen LogP contribution >= 0.6 is 23.2 Å². The first-order valence-electron chi connectivity index (χ1n) is 4.23. The molecule has 1 heterocycles. The first-order chi connectivity index (χ1) is 7.18. The number of halogens is 3. The van der Waals surface area contributed by atoms with Gasteiger partial charge in [-0.2, -0.15) is 0 Å². The van der Waals surface area contributed by atoms with E-state index in [2.05, 4.69) is 4.98 Å². The lowest BCUT2D eigenvalue weighted by atomic mass is 10.1. The van der Waals surface area contributed by atoms with Crippen LogP contribution in [0.1, 0.15) is 0 Å². The molecule has 0 radical (unpaired) electrons. The zero-order chi connectivity index (χ0) is 10.8. The van der Waals surface area contributed by atoms with Gasteiger partial charge in [0.1, 0.15) is 5.82 Å². The van der Waals surface area contributed by atoms with E-state index in [0.717, 1.165) is 5.56 Å². The standard InChI is InChI=1S/C11H6Cl2FN/c12-8-5-9(11(13)10(14)6-8)7-1-3-15-4-2-7/h1-6H. The van der Waals surface area contributed by atoms with Gasteiger partial charge in [-0.25, -0.2) is 4.39 Å². The van der Waals surface area contributed by atoms with Gasteiger partial charge in [0.05, 0.1) is 5.02 Å². The predicted molar refractivity (Wildman–Crippen MR) is 59.7 cm³/mol. The van der Waals surface area contributed by atoms with E-state index in [-0.39, 0.29) is 5.02 Å². The summed E-state index contributed by atoms with van der Waals surface area (Å²) in [6, 6.07) is 6.31. The fourth-order valence-electron chi connectivity index (χ4n) is 1.30. The summed E-state index contributed by atoms with van der Waals surface area (Å²) in [7, 11) is 0. The number of benzene rings is 1. The van der Waals surface area contributed by atoms with E-state index in [0.29, 0.717) is 10.6 Å². The molecule has 0 unspecified atom stereocenters. The summed E-state index contributed by atoms with van der Waals surface area (Å²) < 4.78 is 13.3. The van der Waals surface area contributed by atoms with Crippen molar-refractivity contribution in [1.82, 2.24) is 4.98 Å². The predicted octanol–water partition coefficient (Wildman–Crippen LogP) is 4.19. The van der Waals surface area contributed by atoms with Gasteiger partial charge in [-0.15, -0.1) is 0 Å². The van der Waals surface area contributed by atoms with Gasteiger partial charge in [0.25, 0.3) is 0 Å². The molecule has 0 N–H and O–H groups in total. The van der Waals surface area contributed by atoms with Crippen molar-refractivity contribution in [3.8, 4) is 11.1 Å². The lowest BCUT2D eigenvalue weighted by Crippen LogP contribution is -1.85. The smallest absolute Gasteiger partial charge is 0.143 e. The molecular formula is C11H6Cl2FN. The Morgan fingerprint density at radius 1 is 1.07 bits per heavy atom. The molecule has 76 valence electrons. The zero-order valence-electron chi connectivity index (χ0n) is 7.55. The first-order valence-corrected chi connectivity index (χ1v) is 4.99. The third-order valence-electron chi connectivity index (χ3n) is 1.98. The number of rotatable bonds is 1. The van der Waals surface area contributed by atoms with Crippen LogP contribution in [0, 0.1) is 5.82 Å². The number of aromatic nitrogens is 1. The highest BCUT2D eigenvalue weighted by molar-refractivity contribution is 6.35. The van der Waals surface area contributed by atoms with Crippen molar-refractivity contribution in [1.29, 1.82) is 0 Å². The Bertz CT molecular complexity index is 485. The minimum atomic E-state index is -0.518. The molecular weight excluding hydrogens is 236 g/mol. The van der Waals surface area contributed by atoms with Crippen LogP contribution < -0.4 is 0 Å². The first kappa shape index (κ1) is 10.4. The lowest BCUT2D eigenvalue weighted by Gasteiger charge is -2.05. The number of hydrogen-bond acceptors (Lipinski definition) is 1. The molecule has 2 rings (SSSR count). The van der Waals surface area contributed by atoms with Crippen LogP contribution in [0.15, 0.2) is 36.7 Å². The molecule has 0 spiro atoms. The number of nitrogens with zero attached hydrogens (tertiary/aromatic N) is 1. The summed E-state index contributed by atoms with van der Waals surface area (Å²) in [4.78, 5) is 3.88. The molecule has 2 aromatic rings. The second-order valence-electron chi connectivity index (χ2n) is 2.99. The Balaban J connectivity index is 2.63. The topological polar surface area (TPSA) is 12.9 Å². The molecule has 0 atom stereocenters. The fourth-order valence-corrected chi connectivity index (χ4v) is 1.72. The van der Waals surface area contributed by atoms with Crippen LogP contribution in [-0.4, -0.2) is 4.98 Å². The third-order valence-corrected chi connectivity index (χ3v) is 2.59. The largest absolute Gasteiger partial charge is 0.265 e. The average molecular weight is 242 g/mol. The van der Waals surface area contributed by atoms with Crippen molar-refractivity contribution >= 4 is 23.2 Å². The van der Waals surface area contributed by atoms with E-state index in [1.165, 1.54) is 6.07 Å². The normalized spacial score (nSPS) is 10.3. The van der Waals surface area contributed by atoms with Crippen molar-refractivity contribution in [3.63, 3.8) is 0 Å². The minimum absolute atomic E-state index is 0.0746. The zero-order valence-corrected chi connectivity index (χ0v) is 9.06. The highest BCUT2D eigenvalue weighted by Gasteiger charge is 2.09. The van der Waals surface area contributed by atoms with Crippen molar-refractivity contribution in [2.75, 3.05) is 0 Å². The molecule has 4 heteroatoms. The molecule has 0 aliphatic rings. The Morgan fingerprint density at radius 2 is 1.73 bits per heavy atom. The van der Waals surface area contributed by atoms with Gasteiger partial charge in [-0.3, -0.25) is 4.98 Å². The molecule has 0 saturated heterocycles. The maximum absolute atomic E-state index is 13.3. The summed E-state index contributed by atoms with van der Waals surface area (Å²) in [5.41, 5.74) is 1.36. The molecule has 15 heavy (non-hydrogen) atoms. The number of hydrogen-bond donors (Lipinski definition) is 0. The summed E-state index contributed by atoms with van der Waals surface area (Å²) in [6.45, 7) is 0. The van der Waals surface area contributed by atoms with Gasteiger partial charge in [0, 0.05) is 23.0 Å². The van der Waals surface area contributed by atoms with E-state index in [4.69, 9.17) is 23.2 Å². The molecule has 0 amide bonds. The Morgan fingerprint density at radius 3 is 2.40 bits per heavy atom. The summed E-state index contributed by atoms with van der Waals surface area (Å²) in [5, 5.41) is 0.398. The van der Waals surface area contributed by atoms with Gasteiger partial charge < -0.3 is 0 Å². The van der Waals surface area contributed by atoms with Crippen LogP contribution in [0.3, 0.4) is 0 Å². The SMILES string of the molecule is Fc1cc(Cl)cc(-c2ccncc2)c1Cl. The maximum atomic E-state index is 13.3. The number of pyridine rings is 1. The fraction of sp³-hybridized carbons (Fsp3) is 0. The molecule has 0 saturated carbocycles. The van der Waals surface area contributed by atoms with E-state index >= 15 is 0 Å². The highest BCUT2D eigenvalue weighted by Crippen LogP contribution is 2.32. The van der Waals surface area contributed by atoms with Crippen LogP contribution in [0.2, 0.25) is 10.0 Å². The summed E-state index contributed by atoms with van der Waals surface area (Å²) in [5.74, 6) is -0.518. The van der Waals surface area contributed by atoms with Crippen LogP contribution in [0.25, 0.3) is 11.1 Å². The van der Waals surface area contributed by atoms with Gasteiger partial charge in [-0.1, -0.05) is 23.2 Å². The van der Waals surface area contributed by atoms with Crippen molar-refractivity contribution in [2.24, 2.45) is 0 Å². The van der Waals surface area contributed by atoms with Crippen molar-refractivity contribution < 1.29 is 4.39 Å². The van der Waals surface area contributed by atoms with Gasteiger partial charge >= 0.3 is 0 Å². The van der Waals surface area contributed by atoms with Crippen molar-refractivity contribution in [2.45, 2.75) is 0 Å². The molecule has 1 nitrogen and oxygen atoms in total. The summed E-state index contributed by atoms with van der Waals surface area (Å²) in [6.07, 6.45) is 3.23.